The first-order valence-electron chi connectivity index (χ1n) is 6.85. The summed E-state index contributed by atoms with van der Waals surface area (Å²) in [7, 11) is -1.80. The van der Waals surface area contributed by atoms with Gasteiger partial charge in [0, 0.05) is 13.1 Å². The Hall–Kier alpha value is -0.360. The summed E-state index contributed by atoms with van der Waals surface area (Å²) in [6.07, 6.45) is 6.07. The Morgan fingerprint density at radius 3 is 2.42 bits per heavy atom. The van der Waals surface area contributed by atoms with Crippen molar-refractivity contribution in [1.82, 2.24) is 10.6 Å². The molecule has 6 nitrogen and oxygen atoms in total. The Bertz CT molecular complexity index is 250. The molecule has 0 aromatic heterocycles. The molecule has 1 atom stereocenters. The average Bonchev–Trinajstić information content (AvgIpc) is 2.40. The lowest BCUT2D eigenvalue weighted by Gasteiger charge is -2.00. The molecule has 0 saturated heterocycles. The molecular weight excluding hydrogens is 263 g/mol. The molecule has 1 unspecified atom stereocenters. The zero-order valence-corrected chi connectivity index (χ0v) is 12.7. The number of nitrogens with one attached hydrogen (secondary N) is 2. The quantitative estimate of drug-likeness (QED) is 0.258. The molecule has 0 spiro atoms. The van der Waals surface area contributed by atoms with Crippen LogP contribution >= 0.6 is 8.17 Å². The Kier molecular flexibility index (Phi) is 15.4. The van der Waals surface area contributed by atoms with Crippen molar-refractivity contribution < 1.29 is 9.42 Å². The Morgan fingerprint density at radius 2 is 1.84 bits per heavy atom. The molecule has 19 heavy (non-hydrogen) atoms. The van der Waals surface area contributed by atoms with Gasteiger partial charge in [-0.3, -0.25) is 0 Å². The van der Waals surface area contributed by atoms with E-state index < -0.39 is 8.17 Å². The summed E-state index contributed by atoms with van der Waals surface area (Å²) in [4.78, 5) is 11.0. The van der Waals surface area contributed by atoms with Gasteiger partial charge in [-0.25, -0.2) is 0 Å². The van der Waals surface area contributed by atoms with E-state index in [1.54, 1.807) is 0 Å². The molecule has 0 fully saturated rings. The molecule has 0 aromatic rings. The van der Waals surface area contributed by atoms with Crippen LogP contribution in [-0.2, 0) is 4.52 Å². The third kappa shape index (κ3) is 15.6. The van der Waals surface area contributed by atoms with Gasteiger partial charge in [-0.15, -0.1) is 0 Å². The molecule has 4 N–H and O–H groups in total. The van der Waals surface area contributed by atoms with Gasteiger partial charge in [0.15, 0.2) is 0 Å². The highest BCUT2D eigenvalue weighted by Gasteiger charge is 1.96. The van der Waals surface area contributed by atoms with E-state index in [4.69, 9.17) is 10.3 Å². The maximum atomic E-state index is 11.0. The summed E-state index contributed by atoms with van der Waals surface area (Å²) >= 11 is 0. The molecule has 0 aliphatic rings. The zero-order chi connectivity index (χ0) is 14.2. The molecule has 0 saturated carbocycles. The predicted octanol–water partition coefficient (Wildman–Crippen LogP) is 0.353. The number of hydrogen-bond donors (Lipinski definition) is 3. The average molecular weight is 290 g/mol. The van der Waals surface area contributed by atoms with Crippen molar-refractivity contribution >= 4 is 8.17 Å². The standard InChI is InChI=1S/C12H27N4O2P/c1-2-18-19(17)16-12-6-11-15-9-4-3-8-14-10-5-7-13/h3-4,14-15H,2,5-13H2,1H3. The fraction of sp³-hybridized carbons (Fsp3) is 0.833. The van der Waals surface area contributed by atoms with Crippen molar-refractivity contribution in [2.75, 3.05) is 45.9 Å². The van der Waals surface area contributed by atoms with Crippen molar-refractivity contribution in [1.29, 1.82) is 0 Å². The highest BCUT2D eigenvalue weighted by atomic mass is 31.1. The van der Waals surface area contributed by atoms with Crippen LogP contribution in [0.4, 0.5) is 0 Å². The van der Waals surface area contributed by atoms with Gasteiger partial charge in [0.05, 0.1) is 13.2 Å². The van der Waals surface area contributed by atoms with Gasteiger partial charge in [0.2, 0.25) is 0 Å². The minimum Gasteiger partial charge on any atom is -0.584 e. The maximum absolute atomic E-state index is 11.0. The smallest absolute Gasteiger partial charge is 0.341 e. The lowest BCUT2D eigenvalue weighted by atomic mass is 10.4. The largest absolute Gasteiger partial charge is 0.584 e. The topological polar surface area (TPSA) is 94.7 Å². The van der Waals surface area contributed by atoms with Gasteiger partial charge in [-0.2, -0.15) is 4.52 Å². The van der Waals surface area contributed by atoms with Gasteiger partial charge in [0.1, 0.15) is 0 Å². The van der Waals surface area contributed by atoms with Crippen molar-refractivity contribution in [2.24, 2.45) is 10.5 Å². The number of hydrogen-bond acceptors (Lipinski definition) is 6. The van der Waals surface area contributed by atoms with Gasteiger partial charge in [0.25, 0.3) is 0 Å². The van der Waals surface area contributed by atoms with Crippen molar-refractivity contribution in [3.8, 4) is 0 Å². The summed E-state index contributed by atoms with van der Waals surface area (Å²) in [5, 5.41) is 6.53. The van der Waals surface area contributed by atoms with E-state index in [1.165, 1.54) is 0 Å². The highest BCUT2D eigenvalue weighted by Crippen LogP contribution is 2.14. The van der Waals surface area contributed by atoms with Crippen molar-refractivity contribution in [3.05, 3.63) is 12.2 Å². The van der Waals surface area contributed by atoms with Gasteiger partial charge in [-0.05, 0) is 39.4 Å². The van der Waals surface area contributed by atoms with E-state index in [0.717, 1.165) is 45.6 Å². The Morgan fingerprint density at radius 1 is 1.21 bits per heavy atom. The minimum atomic E-state index is -1.80. The van der Waals surface area contributed by atoms with E-state index in [9.17, 15) is 4.89 Å². The fourth-order valence-electron chi connectivity index (χ4n) is 1.27. The van der Waals surface area contributed by atoms with Crippen LogP contribution in [0.3, 0.4) is 0 Å². The van der Waals surface area contributed by atoms with Gasteiger partial charge >= 0.3 is 8.17 Å². The lowest BCUT2D eigenvalue weighted by molar-refractivity contribution is -0.175. The molecule has 0 aliphatic carbocycles. The fourth-order valence-corrected chi connectivity index (χ4v) is 1.88. The van der Waals surface area contributed by atoms with Crippen molar-refractivity contribution in [3.63, 3.8) is 0 Å². The molecule has 0 radical (unpaired) electrons. The normalized spacial score (nSPS) is 12.5. The lowest BCUT2D eigenvalue weighted by Crippen LogP contribution is -2.19. The predicted molar refractivity (Wildman–Crippen MR) is 79.0 cm³/mol. The van der Waals surface area contributed by atoms with Crippen LogP contribution in [0.15, 0.2) is 16.9 Å². The van der Waals surface area contributed by atoms with Gasteiger partial charge in [-0.1, -0.05) is 16.9 Å². The summed E-state index contributed by atoms with van der Waals surface area (Å²) in [5.41, 5.74) is 5.38. The number of rotatable bonds is 13. The van der Waals surface area contributed by atoms with Crippen LogP contribution in [0.2, 0.25) is 0 Å². The number of nitrogens with zero attached hydrogens (tertiary/aromatic N) is 1. The molecule has 0 amide bonds. The minimum absolute atomic E-state index is 0.446. The van der Waals surface area contributed by atoms with E-state index in [1.807, 2.05) is 6.92 Å². The third-order valence-corrected chi connectivity index (χ3v) is 3.13. The summed E-state index contributed by atoms with van der Waals surface area (Å²) in [6, 6.07) is 0. The molecule has 0 bridgehead atoms. The molecule has 7 heteroatoms. The second kappa shape index (κ2) is 15.7. The van der Waals surface area contributed by atoms with Crippen LogP contribution < -0.4 is 21.3 Å². The second-order valence-electron chi connectivity index (χ2n) is 3.90. The van der Waals surface area contributed by atoms with Crippen LogP contribution in [0, 0.1) is 0 Å². The molecular formula is C12H27N4O2P. The van der Waals surface area contributed by atoms with E-state index >= 15 is 0 Å². The van der Waals surface area contributed by atoms with E-state index in [2.05, 4.69) is 27.5 Å². The second-order valence-corrected chi connectivity index (χ2v) is 4.91. The molecule has 0 rings (SSSR count). The summed E-state index contributed by atoms with van der Waals surface area (Å²) < 4.78 is 8.74. The molecule has 0 aromatic carbocycles. The molecule has 112 valence electrons. The van der Waals surface area contributed by atoms with Crippen LogP contribution in [0.1, 0.15) is 19.8 Å². The van der Waals surface area contributed by atoms with Gasteiger partial charge < -0.3 is 21.3 Å². The highest BCUT2D eigenvalue weighted by molar-refractivity contribution is 7.33. The van der Waals surface area contributed by atoms with Crippen LogP contribution in [-0.4, -0.2) is 45.9 Å². The summed E-state index contributed by atoms with van der Waals surface area (Å²) in [5.74, 6) is 0. The maximum Gasteiger partial charge on any atom is 0.341 e. The number of nitrogens with two attached hydrogens (primary N) is 1. The Labute approximate surface area is 117 Å². The van der Waals surface area contributed by atoms with E-state index in [0.29, 0.717) is 13.2 Å². The Balaban J connectivity index is 3.22. The zero-order valence-electron chi connectivity index (χ0n) is 11.8. The van der Waals surface area contributed by atoms with E-state index in [-0.39, 0.29) is 0 Å². The summed E-state index contributed by atoms with van der Waals surface area (Å²) in [6.45, 7) is 7.12. The first kappa shape index (κ1) is 18.6. The van der Waals surface area contributed by atoms with Crippen LogP contribution in [0.5, 0.6) is 0 Å². The SMILES string of the molecule is CCO[P+]([O-])=NCCCNCC=CCNCCCN. The first-order chi connectivity index (χ1) is 9.31. The monoisotopic (exact) mass is 290 g/mol. The third-order valence-electron chi connectivity index (χ3n) is 2.22. The van der Waals surface area contributed by atoms with Crippen molar-refractivity contribution in [2.45, 2.75) is 19.8 Å². The molecule has 0 heterocycles. The molecule has 0 aliphatic heterocycles. The van der Waals surface area contributed by atoms with Crippen LogP contribution in [0.25, 0.3) is 0 Å². The first-order valence-corrected chi connectivity index (χ1v) is 7.98.